The van der Waals surface area contributed by atoms with Crippen LogP contribution < -0.4 is 11.3 Å². The van der Waals surface area contributed by atoms with E-state index in [1.807, 2.05) is 0 Å². The molecule has 3 N–H and O–H groups in total. The van der Waals surface area contributed by atoms with Crippen LogP contribution >= 0.6 is 0 Å². The third kappa shape index (κ3) is 4.55. The zero-order chi connectivity index (χ0) is 13.8. The lowest BCUT2D eigenvalue weighted by Crippen LogP contribution is -2.33. The van der Waals surface area contributed by atoms with Gasteiger partial charge in [-0.2, -0.15) is 13.2 Å². The first kappa shape index (κ1) is 14.8. The Bertz CT molecular complexity index is 396. The van der Waals surface area contributed by atoms with Crippen molar-refractivity contribution >= 4 is 0 Å². The van der Waals surface area contributed by atoms with Gasteiger partial charge in [-0.25, -0.2) is 8.78 Å². The van der Waals surface area contributed by atoms with Crippen molar-refractivity contribution in [1.82, 2.24) is 5.43 Å². The lowest BCUT2D eigenvalue weighted by Gasteiger charge is -2.17. The normalized spacial score (nSPS) is 13.7. The number of nitrogens with one attached hydrogen (secondary N) is 1. The largest absolute Gasteiger partial charge is 0.411 e. The van der Waals surface area contributed by atoms with Crippen molar-refractivity contribution in [1.29, 1.82) is 0 Å². The topological polar surface area (TPSA) is 47.3 Å². The van der Waals surface area contributed by atoms with Crippen LogP contribution in [0.2, 0.25) is 0 Å². The number of hydrazine groups is 1. The molecule has 0 saturated heterocycles. The van der Waals surface area contributed by atoms with Crippen molar-refractivity contribution in [2.45, 2.75) is 12.2 Å². The second-order valence-corrected chi connectivity index (χ2v) is 3.52. The molecule has 0 aliphatic heterocycles. The summed E-state index contributed by atoms with van der Waals surface area (Å²) in [4.78, 5) is 0. The standard InChI is InChI=1S/C10H11F5N2O/c11-6-1-2-7(8(12)3-6)9(17-16)4-18-5-10(13,14)15/h1-3,9,17H,4-5,16H2. The van der Waals surface area contributed by atoms with E-state index in [2.05, 4.69) is 10.2 Å². The molecule has 1 atom stereocenters. The second kappa shape index (κ2) is 6.07. The molecule has 1 aromatic rings. The molecule has 3 nitrogen and oxygen atoms in total. The van der Waals surface area contributed by atoms with E-state index in [9.17, 15) is 22.0 Å². The van der Waals surface area contributed by atoms with Crippen molar-refractivity contribution < 1.29 is 26.7 Å². The zero-order valence-corrected chi connectivity index (χ0v) is 9.10. The zero-order valence-electron chi connectivity index (χ0n) is 9.10. The number of nitrogens with two attached hydrogens (primary N) is 1. The van der Waals surface area contributed by atoms with Gasteiger partial charge in [-0.3, -0.25) is 11.3 Å². The Balaban J connectivity index is 2.66. The van der Waals surface area contributed by atoms with Crippen molar-refractivity contribution in [3.05, 3.63) is 35.4 Å². The molecule has 1 rings (SSSR count). The van der Waals surface area contributed by atoms with E-state index in [0.717, 1.165) is 12.1 Å². The molecule has 0 fully saturated rings. The monoisotopic (exact) mass is 270 g/mol. The summed E-state index contributed by atoms with van der Waals surface area (Å²) >= 11 is 0. The van der Waals surface area contributed by atoms with Crippen LogP contribution in [0, 0.1) is 11.6 Å². The van der Waals surface area contributed by atoms with Crippen LogP contribution in [0.4, 0.5) is 22.0 Å². The molecule has 8 heteroatoms. The molecule has 1 unspecified atom stereocenters. The van der Waals surface area contributed by atoms with Crippen LogP contribution in [0.1, 0.15) is 11.6 Å². The molecule has 0 radical (unpaired) electrons. The minimum atomic E-state index is -4.47. The highest BCUT2D eigenvalue weighted by Gasteiger charge is 2.28. The Kier molecular flexibility index (Phi) is 5.00. The van der Waals surface area contributed by atoms with Gasteiger partial charge in [0.2, 0.25) is 0 Å². The Morgan fingerprint density at radius 3 is 2.44 bits per heavy atom. The molecule has 0 amide bonds. The van der Waals surface area contributed by atoms with Crippen molar-refractivity contribution in [3.8, 4) is 0 Å². The molecule has 0 aromatic heterocycles. The summed E-state index contributed by atoms with van der Waals surface area (Å²) in [5.74, 6) is 3.39. The molecule has 0 aliphatic carbocycles. The van der Waals surface area contributed by atoms with Gasteiger partial charge in [-0.15, -0.1) is 0 Å². The minimum absolute atomic E-state index is 0.0684. The van der Waals surface area contributed by atoms with Crippen LogP contribution in [-0.4, -0.2) is 19.4 Å². The fourth-order valence-corrected chi connectivity index (χ4v) is 1.30. The smallest absolute Gasteiger partial charge is 0.370 e. The highest BCUT2D eigenvalue weighted by molar-refractivity contribution is 5.22. The number of alkyl halides is 3. The Hall–Kier alpha value is -1.25. The van der Waals surface area contributed by atoms with Gasteiger partial charge in [-0.1, -0.05) is 6.07 Å². The first-order valence-corrected chi connectivity index (χ1v) is 4.89. The second-order valence-electron chi connectivity index (χ2n) is 3.52. The average molecular weight is 270 g/mol. The van der Waals surface area contributed by atoms with E-state index in [-0.39, 0.29) is 5.56 Å². The number of benzene rings is 1. The van der Waals surface area contributed by atoms with Gasteiger partial charge in [0, 0.05) is 11.6 Å². The maximum Gasteiger partial charge on any atom is 0.411 e. The van der Waals surface area contributed by atoms with E-state index >= 15 is 0 Å². The molecule has 1 aromatic carbocycles. The van der Waals surface area contributed by atoms with E-state index < -0.39 is 37.1 Å². The summed E-state index contributed by atoms with van der Waals surface area (Å²) in [6.45, 7) is -1.95. The molecular formula is C10H11F5N2O. The summed E-state index contributed by atoms with van der Waals surface area (Å²) < 4.78 is 65.9. The highest BCUT2D eigenvalue weighted by atomic mass is 19.4. The van der Waals surface area contributed by atoms with Crippen molar-refractivity contribution in [2.24, 2.45) is 5.84 Å². The number of hydrogen-bond acceptors (Lipinski definition) is 3. The Morgan fingerprint density at radius 1 is 1.28 bits per heavy atom. The lowest BCUT2D eigenvalue weighted by atomic mass is 10.1. The van der Waals surface area contributed by atoms with Crippen molar-refractivity contribution in [3.63, 3.8) is 0 Å². The molecule has 0 aliphatic rings. The van der Waals surface area contributed by atoms with Gasteiger partial charge >= 0.3 is 6.18 Å². The van der Waals surface area contributed by atoms with Crippen LogP contribution in [0.5, 0.6) is 0 Å². The maximum absolute atomic E-state index is 13.3. The van der Waals surface area contributed by atoms with Gasteiger partial charge < -0.3 is 4.74 Å². The molecule has 102 valence electrons. The van der Waals surface area contributed by atoms with Crippen LogP contribution in [0.15, 0.2) is 18.2 Å². The molecule has 0 saturated carbocycles. The first-order chi connectivity index (χ1) is 8.33. The molecule has 18 heavy (non-hydrogen) atoms. The lowest BCUT2D eigenvalue weighted by molar-refractivity contribution is -0.175. The van der Waals surface area contributed by atoms with Gasteiger partial charge in [0.15, 0.2) is 0 Å². The van der Waals surface area contributed by atoms with Crippen LogP contribution in [0.3, 0.4) is 0 Å². The van der Waals surface area contributed by atoms with E-state index in [1.165, 1.54) is 0 Å². The van der Waals surface area contributed by atoms with Gasteiger partial charge in [-0.05, 0) is 6.07 Å². The fraction of sp³-hybridized carbons (Fsp3) is 0.400. The predicted molar refractivity (Wildman–Crippen MR) is 53.3 cm³/mol. The summed E-state index contributed by atoms with van der Waals surface area (Å²) in [7, 11) is 0. The number of halogens is 5. The SMILES string of the molecule is NNC(COCC(F)(F)F)c1ccc(F)cc1F. The van der Waals surface area contributed by atoms with Crippen molar-refractivity contribution in [2.75, 3.05) is 13.2 Å². The molecule has 0 heterocycles. The summed E-state index contributed by atoms with van der Waals surface area (Å²) in [5.41, 5.74) is 2.04. The summed E-state index contributed by atoms with van der Waals surface area (Å²) in [6.07, 6.45) is -4.47. The van der Waals surface area contributed by atoms with Crippen LogP contribution in [-0.2, 0) is 4.74 Å². The summed E-state index contributed by atoms with van der Waals surface area (Å²) in [6, 6.07) is 1.69. The maximum atomic E-state index is 13.3. The van der Waals surface area contributed by atoms with Crippen LogP contribution in [0.25, 0.3) is 0 Å². The van der Waals surface area contributed by atoms with Gasteiger partial charge in [0.1, 0.15) is 18.2 Å². The van der Waals surface area contributed by atoms with E-state index in [1.54, 1.807) is 0 Å². The fourth-order valence-electron chi connectivity index (χ4n) is 1.30. The average Bonchev–Trinajstić information content (AvgIpc) is 2.24. The third-order valence-electron chi connectivity index (χ3n) is 2.09. The van der Waals surface area contributed by atoms with E-state index in [4.69, 9.17) is 5.84 Å². The van der Waals surface area contributed by atoms with E-state index in [0.29, 0.717) is 6.07 Å². The predicted octanol–water partition coefficient (Wildman–Crippen LogP) is 2.05. The molecule has 0 spiro atoms. The highest BCUT2D eigenvalue weighted by Crippen LogP contribution is 2.20. The Morgan fingerprint density at radius 2 is 1.94 bits per heavy atom. The van der Waals surface area contributed by atoms with Gasteiger partial charge in [0.25, 0.3) is 0 Å². The number of ether oxygens (including phenoxy) is 1. The molecular weight excluding hydrogens is 259 g/mol. The van der Waals surface area contributed by atoms with Gasteiger partial charge in [0.05, 0.1) is 12.6 Å². The quantitative estimate of drug-likeness (QED) is 0.489. The Labute approximate surface area is 99.7 Å². The first-order valence-electron chi connectivity index (χ1n) is 4.89. The number of rotatable bonds is 5. The third-order valence-corrected chi connectivity index (χ3v) is 2.09. The number of hydrogen-bond donors (Lipinski definition) is 2. The summed E-state index contributed by atoms with van der Waals surface area (Å²) in [5, 5.41) is 0. The minimum Gasteiger partial charge on any atom is -0.370 e. The molecule has 0 bridgehead atoms.